The molecule has 7 nitrogen and oxygen atoms in total. The van der Waals surface area contributed by atoms with Crippen LogP contribution in [-0.2, 0) is 10.9 Å². The van der Waals surface area contributed by atoms with Gasteiger partial charge in [0.15, 0.2) is 0 Å². The maximum absolute atomic E-state index is 13.4. The van der Waals surface area contributed by atoms with Crippen molar-refractivity contribution < 1.29 is 23.0 Å². The zero-order chi connectivity index (χ0) is 23.3. The number of nitrogens with one attached hydrogen (secondary N) is 3. The first-order chi connectivity index (χ1) is 14.5. The Labute approximate surface area is 176 Å². The number of rotatable bonds is 5. The molecule has 4 N–H and O–H groups in total. The number of halogens is 3. The van der Waals surface area contributed by atoms with Crippen molar-refractivity contribution in [2.75, 3.05) is 5.32 Å². The fourth-order valence-corrected chi connectivity index (χ4v) is 2.83. The van der Waals surface area contributed by atoms with Gasteiger partial charge >= 0.3 is 6.18 Å². The summed E-state index contributed by atoms with van der Waals surface area (Å²) in [5, 5.41) is 46.6. The topological polar surface area (TPSA) is 137 Å². The van der Waals surface area contributed by atoms with Crippen LogP contribution in [0.15, 0.2) is 36.4 Å². The summed E-state index contributed by atoms with van der Waals surface area (Å²) in [6, 6.07) is 10.2. The molecule has 31 heavy (non-hydrogen) atoms. The molecule has 0 radical (unpaired) electrons. The monoisotopic (exact) mass is 429 g/mol. The fraction of sp³-hybridized carbons (Fsp3) is 0.238. The van der Waals surface area contributed by atoms with E-state index < -0.39 is 41.2 Å². The van der Waals surface area contributed by atoms with Gasteiger partial charge in [0.2, 0.25) is 11.8 Å². The largest absolute Gasteiger partial charge is 0.423 e. The minimum Gasteiger partial charge on any atom is -0.423 e. The first kappa shape index (κ1) is 23.4. The maximum Gasteiger partial charge on any atom is 0.418 e. The first-order valence-corrected chi connectivity index (χ1v) is 8.90. The number of aliphatic hydroxyl groups is 1. The molecule has 0 unspecified atom stereocenters. The molecule has 2 atom stereocenters. The first-order valence-electron chi connectivity index (χ1n) is 8.90. The predicted octanol–water partition coefficient (Wildman–Crippen LogP) is 3.94. The Morgan fingerprint density at radius 1 is 1.10 bits per heavy atom. The van der Waals surface area contributed by atoms with Crippen molar-refractivity contribution in [3.05, 3.63) is 64.2 Å². The molecule has 0 bridgehead atoms. The molecule has 0 aliphatic carbocycles. The zero-order valence-electron chi connectivity index (χ0n) is 16.5. The summed E-state index contributed by atoms with van der Waals surface area (Å²) < 4.78 is 45.4. The van der Waals surface area contributed by atoms with Gasteiger partial charge in [0.25, 0.3) is 0 Å². The molecule has 0 fully saturated rings. The Balaban J connectivity index is 2.29. The van der Waals surface area contributed by atoms with E-state index in [-0.39, 0.29) is 16.8 Å². The van der Waals surface area contributed by atoms with Crippen LogP contribution in [0.1, 0.15) is 34.7 Å². The minimum absolute atomic E-state index is 0.0459. The molecule has 0 saturated heterocycles. The van der Waals surface area contributed by atoms with Gasteiger partial charge in [0.05, 0.1) is 34.9 Å². The van der Waals surface area contributed by atoms with Gasteiger partial charge < -0.3 is 15.2 Å². The molecular formula is C21H18F3N5O2. The Hall–Kier alpha value is -3.89. The standard InChI is InChI=1S/C21H18F3N5O2/c1-11-16(8-7-15(10-26)17(11)21(22,23)24)29-18(12(2)30)20(28)31-19(27)14-5-3-13(9-25)4-6-14/h3-8,12,18,27-30H,1-2H3/t12-,18+/m0/s1. The highest BCUT2D eigenvalue weighted by Crippen LogP contribution is 2.37. The smallest absolute Gasteiger partial charge is 0.418 e. The van der Waals surface area contributed by atoms with Crippen molar-refractivity contribution in [1.82, 2.24) is 0 Å². The summed E-state index contributed by atoms with van der Waals surface area (Å²) in [7, 11) is 0. The van der Waals surface area contributed by atoms with Crippen LogP contribution >= 0.6 is 0 Å². The van der Waals surface area contributed by atoms with Crippen molar-refractivity contribution >= 4 is 17.5 Å². The van der Waals surface area contributed by atoms with Crippen molar-refractivity contribution in [1.29, 1.82) is 21.3 Å². The molecule has 0 spiro atoms. The fourth-order valence-electron chi connectivity index (χ4n) is 2.83. The second kappa shape index (κ2) is 9.28. The molecule has 0 aromatic heterocycles. The van der Waals surface area contributed by atoms with Crippen LogP contribution in [-0.4, -0.2) is 29.0 Å². The van der Waals surface area contributed by atoms with Gasteiger partial charge in [-0.3, -0.25) is 10.8 Å². The Morgan fingerprint density at radius 3 is 2.19 bits per heavy atom. The molecule has 160 valence electrons. The van der Waals surface area contributed by atoms with Crippen molar-refractivity contribution in [3.63, 3.8) is 0 Å². The van der Waals surface area contributed by atoms with Crippen LogP contribution in [0, 0.1) is 40.4 Å². The van der Waals surface area contributed by atoms with Crippen LogP contribution in [0.3, 0.4) is 0 Å². The highest BCUT2D eigenvalue weighted by atomic mass is 19.4. The number of hydrogen-bond acceptors (Lipinski definition) is 7. The van der Waals surface area contributed by atoms with E-state index in [1.54, 1.807) is 0 Å². The lowest BCUT2D eigenvalue weighted by molar-refractivity contribution is -0.138. The van der Waals surface area contributed by atoms with E-state index in [4.69, 9.17) is 26.1 Å². The third-order valence-electron chi connectivity index (χ3n) is 4.43. The average molecular weight is 429 g/mol. The number of anilines is 1. The summed E-state index contributed by atoms with van der Waals surface area (Å²) >= 11 is 0. The zero-order valence-corrected chi connectivity index (χ0v) is 16.5. The minimum atomic E-state index is -4.77. The van der Waals surface area contributed by atoms with E-state index in [1.165, 1.54) is 50.2 Å². The third-order valence-corrected chi connectivity index (χ3v) is 4.43. The lowest BCUT2D eigenvalue weighted by Crippen LogP contribution is -2.41. The molecule has 2 aromatic rings. The number of alkyl halides is 3. The van der Waals surface area contributed by atoms with Crippen LogP contribution in [0.5, 0.6) is 0 Å². The number of benzene rings is 2. The second-order valence-corrected chi connectivity index (χ2v) is 6.62. The van der Waals surface area contributed by atoms with Gasteiger partial charge in [-0.25, -0.2) is 0 Å². The molecule has 0 heterocycles. The van der Waals surface area contributed by atoms with E-state index in [9.17, 15) is 18.3 Å². The lowest BCUT2D eigenvalue weighted by Gasteiger charge is -2.25. The molecule has 2 aromatic carbocycles. The van der Waals surface area contributed by atoms with Crippen LogP contribution in [0.4, 0.5) is 18.9 Å². The molecule has 2 rings (SSSR count). The van der Waals surface area contributed by atoms with Gasteiger partial charge in [-0.2, -0.15) is 23.7 Å². The summed E-state index contributed by atoms with van der Waals surface area (Å²) in [4.78, 5) is 0. The normalized spacial score (nSPS) is 12.8. The van der Waals surface area contributed by atoms with Gasteiger partial charge in [-0.05, 0) is 55.8 Å². The van der Waals surface area contributed by atoms with E-state index in [1.807, 2.05) is 6.07 Å². The van der Waals surface area contributed by atoms with E-state index in [0.29, 0.717) is 5.56 Å². The molecule has 0 saturated carbocycles. The van der Waals surface area contributed by atoms with Gasteiger partial charge in [-0.15, -0.1) is 0 Å². The molecule has 10 heteroatoms. The maximum atomic E-state index is 13.4. The summed E-state index contributed by atoms with van der Waals surface area (Å²) in [5.74, 6) is -1.03. The lowest BCUT2D eigenvalue weighted by atomic mass is 9.99. The Morgan fingerprint density at radius 2 is 1.71 bits per heavy atom. The van der Waals surface area contributed by atoms with E-state index in [0.717, 1.165) is 6.07 Å². The van der Waals surface area contributed by atoms with Gasteiger partial charge in [0, 0.05) is 11.3 Å². The Bertz CT molecular complexity index is 1080. The Kier molecular flexibility index (Phi) is 7.00. The molecular weight excluding hydrogens is 411 g/mol. The van der Waals surface area contributed by atoms with Crippen molar-refractivity contribution in [2.45, 2.75) is 32.2 Å². The summed E-state index contributed by atoms with van der Waals surface area (Å²) in [6.07, 6.45) is -6.03. The third kappa shape index (κ3) is 5.38. The second-order valence-electron chi connectivity index (χ2n) is 6.62. The van der Waals surface area contributed by atoms with Crippen LogP contribution in [0.25, 0.3) is 0 Å². The number of nitrogens with zero attached hydrogens (tertiary/aromatic N) is 2. The molecule has 0 aliphatic rings. The number of hydrogen-bond donors (Lipinski definition) is 4. The predicted molar refractivity (Wildman–Crippen MR) is 107 cm³/mol. The van der Waals surface area contributed by atoms with Crippen LogP contribution in [0.2, 0.25) is 0 Å². The quantitative estimate of drug-likeness (QED) is 0.421. The molecule has 0 aliphatic heterocycles. The molecule has 0 amide bonds. The van der Waals surface area contributed by atoms with Crippen molar-refractivity contribution in [2.24, 2.45) is 0 Å². The average Bonchev–Trinajstić information content (AvgIpc) is 2.71. The number of aliphatic hydroxyl groups excluding tert-OH is 1. The number of ether oxygens (including phenoxy) is 1. The number of nitriles is 2. The highest BCUT2D eigenvalue weighted by molar-refractivity contribution is 6.01. The summed E-state index contributed by atoms with van der Waals surface area (Å²) in [5.41, 5.74) is -1.34. The van der Waals surface area contributed by atoms with E-state index >= 15 is 0 Å². The van der Waals surface area contributed by atoms with Crippen LogP contribution < -0.4 is 5.32 Å². The van der Waals surface area contributed by atoms with Gasteiger partial charge in [0.1, 0.15) is 6.04 Å². The van der Waals surface area contributed by atoms with Crippen molar-refractivity contribution in [3.8, 4) is 12.1 Å². The SMILES string of the molecule is Cc1c(N[C@@H](C(=N)OC(=N)c2ccc(C#N)cc2)[C@H](C)O)ccc(C#N)c1C(F)(F)F. The summed E-state index contributed by atoms with van der Waals surface area (Å²) in [6.45, 7) is 2.49. The highest BCUT2D eigenvalue weighted by Gasteiger charge is 2.37. The van der Waals surface area contributed by atoms with Gasteiger partial charge in [-0.1, -0.05) is 0 Å². The van der Waals surface area contributed by atoms with E-state index in [2.05, 4.69) is 5.32 Å².